The molecule has 9 heteroatoms. The first-order chi connectivity index (χ1) is 16.1. The van der Waals surface area contributed by atoms with E-state index >= 15 is 0 Å². The molecule has 1 unspecified atom stereocenters. The molecule has 1 atom stereocenters. The van der Waals surface area contributed by atoms with Crippen molar-refractivity contribution in [1.82, 2.24) is 10.2 Å². The van der Waals surface area contributed by atoms with Gasteiger partial charge in [-0.25, -0.2) is 8.42 Å². The van der Waals surface area contributed by atoms with Crippen molar-refractivity contribution >= 4 is 43.5 Å². The van der Waals surface area contributed by atoms with Crippen molar-refractivity contribution < 1.29 is 18.0 Å². The Morgan fingerprint density at radius 2 is 1.71 bits per heavy atom. The number of nitrogens with zero attached hydrogens (tertiary/aromatic N) is 2. The smallest absolute Gasteiger partial charge is 0.244 e. The van der Waals surface area contributed by atoms with Gasteiger partial charge < -0.3 is 10.2 Å². The molecule has 1 N–H and O–H groups in total. The van der Waals surface area contributed by atoms with Crippen LogP contribution in [-0.4, -0.2) is 50.5 Å². The van der Waals surface area contributed by atoms with Gasteiger partial charge in [-0.3, -0.25) is 13.9 Å². The van der Waals surface area contributed by atoms with Gasteiger partial charge in [0.15, 0.2) is 0 Å². The molecular formula is C25H34BrN3O4S. The fraction of sp³-hybridized carbons (Fsp3) is 0.440. The number of carbonyl (C=O) groups excluding carboxylic acids is 2. The van der Waals surface area contributed by atoms with Crippen molar-refractivity contribution in [3.63, 3.8) is 0 Å². The molecule has 7 nitrogen and oxygen atoms in total. The van der Waals surface area contributed by atoms with Gasteiger partial charge >= 0.3 is 0 Å². The molecule has 0 saturated carbocycles. The Bertz CT molecular complexity index is 1070. The van der Waals surface area contributed by atoms with Crippen molar-refractivity contribution in [2.24, 2.45) is 0 Å². The Hall–Kier alpha value is -2.39. The van der Waals surface area contributed by atoms with Gasteiger partial charge in [0.05, 0.1) is 11.9 Å². The SMILES string of the molecule is CCCCNC(=O)C(CC)N(Cc1ccccc1C)C(=O)CN(c1ccc(Br)cc1)S(C)(=O)=O. The molecule has 186 valence electrons. The highest BCUT2D eigenvalue weighted by molar-refractivity contribution is 9.10. The second-order valence-electron chi connectivity index (χ2n) is 8.26. The number of halogens is 1. The van der Waals surface area contributed by atoms with Crippen LogP contribution in [0.4, 0.5) is 5.69 Å². The molecule has 0 bridgehead atoms. The minimum absolute atomic E-state index is 0.211. The maximum Gasteiger partial charge on any atom is 0.244 e. The molecule has 0 heterocycles. The van der Waals surface area contributed by atoms with Crippen molar-refractivity contribution in [2.75, 3.05) is 23.7 Å². The molecule has 2 rings (SSSR count). The van der Waals surface area contributed by atoms with E-state index in [1.54, 1.807) is 24.3 Å². The van der Waals surface area contributed by atoms with E-state index in [4.69, 9.17) is 0 Å². The van der Waals surface area contributed by atoms with E-state index in [1.165, 1.54) is 4.90 Å². The molecule has 0 spiro atoms. The summed E-state index contributed by atoms with van der Waals surface area (Å²) in [6, 6.07) is 13.7. The summed E-state index contributed by atoms with van der Waals surface area (Å²) >= 11 is 3.35. The second kappa shape index (κ2) is 12.9. The van der Waals surface area contributed by atoms with Crippen LogP contribution in [0.3, 0.4) is 0 Å². The molecule has 0 fully saturated rings. The van der Waals surface area contributed by atoms with Crippen molar-refractivity contribution in [1.29, 1.82) is 0 Å². The largest absolute Gasteiger partial charge is 0.354 e. The summed E-state index contributed by atoms with van der Waals surface area (Å²) in [5.74, 6) is -0.665. The molecule has 0 saturated heterocycles. The summed E-state index contributed by atoms with van der Waals surface area (Å²) in [7, 11) is -3.74. The average molecular weight is 553 g/mol. The van der Waals surface area contributed by atoms with Crippen LogP contribution in [0, 0.1) is 6.92 Å². The zero-order valence-corrected chi connectivity index (χ0v) is 22.7. The second-order valence-corrected chi connectivity index (χ2v) is 11.1. The lowest BCUT2D eigenvalue weighted by Crippen LogP contribution is -2.52. The molecule has 0 aliphatic heterocycles. The van der Waals surface area contributed by atoms with Crippen LogP contribution in [0.1, 0.15) is 44.2 Å². The lowest BCUT2D eigenvalue weighted by molar-refractivity contribution is -0.140. The van der Waals surface area contributed by atoms with Crippen molar-refractivity contribution in [2.45, 2.75) is 52.6 Å². The summed E-state index contributed by atoms with van der Waals surface area (Å²) in [6.45, 7) is 6.19. The van der Waals surface area contributed by atoms with Crippen LogP contribution in [-0.2, 0) is 26.2 Å². The van der Waals surface area contributed by atoms with Crippen LogP contribution in [0.25, 0.3) is 0 Å². The molecule has 2 aromatic carbocycles. The van der Waals surface area contributed by atoms with E-state index in [9.17, 15) is 18.0 Å². The fourth-order valence-electron chi connectivity index (χ4n) is 3.62. The Labute approximate surface area is 211 Å². The zero-order chi connectivity index (χ0) is 25.3. The van der Waals surface area contributed by atoms with Gasteiger partial charge in [-0.2, -0.15) is 0 Å². The predicted molar refractivity (Wildman–Crippen MR) is 140 cm³/mol. The number of hydrogen-bond donors (Lipinski definition) is 1. The van der Waals surface area contributed by atoms with Crippen LogP contribution in [0.2, 0.25) is 0 Å². The lowest BCUT2D eigenvalue weighted by atomic mass is 10.1. The Morgan fingerprint density at radius 1 is 1.06 bits per heavy atom. The lowest BCUT2D eigenvalue weighted by Gasteiger charge is -2.33. The number of aryl methyl sites for hydroxylation is 1. The van der Waals surface area contributed by atoms with Crippen LogP contribution >= 0.6 is 15.9 Å². The molecule has 0 aliphatic rings. The Kier molecular flexibility index (Phi) is 10.6. The summed E-state index contributed by atoms with van der Waals surface area (Å²) in [4.78, 5) is 28.1. The minimum Gasteiger partial charge on any atom is -0.354 e. The van der Waals surface area contributed by atoms with Crippen LogP contribution < -0.4 is 9.62 Å². The van der Waals surface area contributed by atoms with Crippen LogP contribution in [0.5, 0.6) is 0 Å². The summed E-state index contributed by atoms with van der Waals surface area (Å²) < 4.78 is 27.1. The monoisotopic (exact) mass is 551 g/mol. The van der Waals surface area contributed by atoms with Gasteiger partial charge in [-0.1, -0.05) is 60.5 Å². The summed E-state index contributed by atoms with van der Waals surface area (Å²) in [6.07, 6.45) is 3.27. The van der Waals surface area contributed by atoms with Gasteiger partial charge in [0, 0.05) is 17.6 Å². The first-order valence-electron chi connectivity index (χ1n) is 11.4. The molecule has 34 heavy (non-hydrogen) atoms. The first kappa shape index (κ1) is 27.9. The summed E-state index contributed by atoms with van der Waals surface area (Å²) in [5, 5.41) is 2.92. The number of anilines is 1. The number of benzene rings is 2. The number of rotatable bonds is 12. The fourth-order valence-corrected chi connectivity index (χ4v) is 4.73. The van der Waals surface area contributed by atoms with Gasteiger partial charge in [-0.05, 0) is 55.2 Å². The highest BCUT2D eigenvalue weighted by Crippen LogP contribution is 2.22. The minimum atomic E-state index is -3.74. The van der Waals surface area contributed by atoms with Crippen molar-refractivity contribution in [3.05, 3.63) is 64.1 Å². The number of sulfonamides is 1. The highest BCUT2D eigenvalue weighted by Gasteiger charge is 2.31. The van der Waals surface area contributed by atoms with E-state index in [1.807, 2.05) is 45.0 Å². The third-order valence-corrected chi connectivity index (χ3v) is 7.28. The van der Waals surface area contributed by atoms with Gasteiger partial charge in [-0.15, -0.1) is 0 Å². The number of amides is 2. The Balaban J connectivity index is 2.40. The van der Waals surface area contributed by atoms with E-state index in [-0.39, 0.29) is 12.5 Å². The highest BCUT2D eigenvalue weighted by atomic mass is 79.9. The van der Waals surface area contributed by atoms with E-state index in [2.05, 4.69) is 21.2 Å². The first-order valence-corrected chi connectivity index (χ1v) is 14.1. The molecule has 0 aliphatic carbocycles. The summed E-state index contributed by atoms with van der Waals surface area (Å²) in [5.41, 5.74) is 2.29. The van der Waals surface area contributed by atoms with Gasteiger partial charge in [0.1, 0.15) is 12.6 Å². The molecular weight excluding hydrogens is 518 g/mol. The third kappa shape index (κ3) is 7.84. The topological polar surface area (TPSA) is 86.8 Å². The van der Waals surface area contributed by atoms with E-state index < -0.39 is 28.5 Å². The number of hydrogen-bond acceptors (Lipinski definition) is 4. The Morgan fingerprint density at radius 3 is 2.26 bits per heavy atom. The quantitative estimate of drug-likeness (QED) is 0.399. The molecule has 0 aromatic heterocycles. The third-order valence-electron chi connectivity index (χ3n) is 5.61. The number of unbranched alkanes of at least 4 members (excludes halogenated alkanes) is 1. The van der Waals surface area contributed by atoms with Gasteiger partial charge in [0.2, 0.25) is 21.8 Å². The zero-order valence-electron chi connectivity index (χ0n) is 20.3. The van der Waals surface area contributed by atoms with E-state index in [0.717, 1.165) is 39.0 Å². The molecule has 0 radical (unpaired) electrons. The maximum atomic E-state index is 13.6. The maximum absolute atomic E-state index is 13.6. The van der Waals surface area contributed by atoms with Crippen molar-refractivity contribution in [3.8, 4) is 0 Å². The molecule has 2 amide bonds. The van der Waals surface area contributed by atoms with Crippen LogP contribution in [0.15, 0.2) is 53.0 Å². The predicted octanol–water partition coefficient (Wildman–Crippen LogP) is 4.25. The molecule has 2 aromatic rings. The number of carbonyl (C=O) groups is 2. The standard InChI is InChI=1S/C25H34BrN3O4S/c1-5-7-16-27-25(31)23(6-2)28(17-20-11-9-8-10-19(20)3)24(30)18-29(34(4,32)33)22-14-12-21(26)13-15-22/h8-15,23H,5-7,16-18H2,1-4H3,(H,27,31). The van der Waals surface area contributed by atoms with E-state index in [0.29, 0.717) is 18.7 Å². The number of nitrogens with one attached hydrogen (secondary N) is 1. The normalized spacial score (nSPS) is 12.1. The average Bonchev–Trinajstić information content (AvgIpc) is 2.78. The van der Waals surface area contributed by atoms with Gasteiger partial charge in [0.25, 0.3) is 0 Å².